The Kier molecular flexibility index (Phi) is 6.72. The number of rotatable bonds is 8. The normalized spacial score (nSPS) is 10.1. The van der Waals surface area contributed by atoms with Gasteiger partial charge in [-0.3, -0.25) is 9.59 Å². The first-order valence-corrected chi connectivity index (χ1v) is 8.87. The number of ether oxygens (including phenoxy) is 2. The smallest absolute Gasteiger partial charge is 0.326 e. The summed E-state index contributed by atoms with van der Waals surface area (Å²) in [6, 6.07) is 17.9. The third kappa shape index (κ3) is 6.03. The molecule has 3 rings (SSSR count). The molecule has 0 bridgehead atoms. The Morgan fingerprint density at radius 1 is 0.966 bits per heavy atom. The Hall–Kier alpha value is -3.94. The van der Waals surface area contributed by atoms with Gasteiger partial charge in [0.25, 0.3) is 5.91 Å². The second-order valence-electron chi connectivity index (χ2n) is 6.02. The molecule has 1 heterocycles. The molecule has 0 saturated carbocycles. The molecule has 0 aliphatic rings. The summed E-state index contributed by atoms with van der Waals surface area (Å²) in [5, 5.41) is 2.69. The van der Waals surface area contributed by atoms with Gasteiger partial charge in [0.05, 0.1) is 5.69 Å². The zero-order valence-corrected chi connectivity index (χ0v) is 15.8. The van der Waals surface area contributed by atoms with Crippen LogP contribution in [-0.2, 0) is 14.3 Å². The van der Waals surface area contributed by atoms with Crippen LogP contribution in [0.15, 0.2) is 73.1 Å². The average Bonchev–Trinajstić information content (AvgIpc) is 2.75. The Balaban J connectivity index is 1.51. The number of likely N-dealkylation sites (N-methyl/N-ethyl adjacent to an activating group) is 1. The number of esters is 1. The van der Waals surface area contributed by atoms with E-state index in [1.165, 1.54) is 4.90 Å². The van der Waals surface area contributed by atoms with Crippen LogP contribution in [0.3, 0.4) is 0 Å². The van der Waals surface area contributed by atoms with Crippen molar-refractivity contribution in [1.29, 1.82) is 0 Å². The third-order valence-electron chi connectivity index (χ3n) is 3.76. The van der Waals surface area contributed by atoms with Crippen LogP contribution in [0.1, 0.15) is 0 Å². The summed E-state index contributed by atoms with van der Waals surface area (Å²) < 4.78 is 10.8. The molecule has 0 fully saturated rings. The van der Waals surface area contributed by atoms with Gasteiger partial charge in [0.1, 0.15) is 12.3 Å². The van der Waals surface area contributed by atoms with Crippen molar-refractivity contribution in [3.05, 3.63) is 73.1 Å². The number of amides is 1. The number of hydrogen-bond acceptors (Lipinski definition) is 7. The number of carbonyl (C=O) groups excluding carboxylic acids is 2. The monoisotopic (exact) mass is 392 g/mol. The van der Waals surface area contributed by atoms with Crippen LogP contribution < -0.4 is 15.0 Å². The van der Waals surface area contributed by atoms with Gasteiger partial charge in [0, 0.05) is 19.4 Å². The number of benzene rings is 2. The summed E-state index contributed by atoms with van der Waals surface area (Å²) in [4.78, 5) is 33.8. The minimum atomic E-state index is -0.566. The average molecular weight is 392 g/mol. The predicted octanol–water partition coefficient (Wildman–Crippen LogP) is 2.89. The van der Waals surface area contributed by atoms with Gasteiger partial charge in [0.15, 0.2) is 12.4 Å². The van der Waals surface area contributed by atoms with Gasteiger partial charge in [0.2, 0.25) is 5.95 Å². The van der Waals surface area contributed by atoms with E-state index >= 15 is 0 Å². The van der Waals surface area contributed by atoms with E-state index in [-0.39, 0.29) is 6.54 Å². The zero-order chi connectivity index (χ0) is 20.5. The Labute approximate surface area is 168 Å². The van der Waals surface area contributed by atoms with Crippen LogP contribution in [-0.4, -0.2) is 42.0 Å². The van der Waals surface area contributed by atoms with Gasteiger partial charge in [-0.15, -0.1) is 0 Å². The molecular weight excluding hydrogens is 372 g/mol. The largest absolute Gasteiger partial charge is 0.455 e. The lowest BCUT2D eigenvalue weighted by molar-refractivity contribution is -0.145. The second kappa shape index (κ2) is 9.84. The molecule has 1 N–H and O–H groups in total. The molecule has 0 unspecified atom stereocenters. The standard InChI is InChI=1S/C21H20N4O4/c1-25(21-22-12-7-13-23-21)14-20(27)28-15-19(26)24-17-10-5-6-11-18(17)29-16-8-3-2-4-9-16/h2-13H,14-15H2,1H3,(H,24,26). The lowest BCUT2D eigenvalue weighted by Gasteiger charge is -2.15. The summed E-state index contributed by atoms with van der Waals surface area (Å²) >= 11 is 0. The van der Waals surface area contributed by atoms with Crippen molar-refractivity contribution >= 4 is 23.5 Å². The highest BCUT2D eigenvalue weighted by Gasteiger charge is 2.14. The van der Waals surface area contributed by atoms with E-state index in [0.29, 0.717) is 23.1 Å². The fourth-order valence-electron chi connectivity index (χ4n) is 2.41. The van der Waals surface area contributed by atoms with Crippen molar-refractivity contribution in [3.63, 3.8) is 0 Å². The fourth-order valence-corrected chi connectivity index (χ4v) is 2.41. The molecule has 148 valence electrons. The second-order valence-corrected chi connectivity index (χ2v) is 6.02. The van der Waals surface area contributed by atoms with Crippen LogP contribution in [0.2, 0.25) is 0 Å². The lowest BCUT2D eigenvalue weighted by atomic mass is 10.3. The van der Waals surface area contributed by atoms with Crippen LogP contribution in [0.4, 0.5) is 11.6 Å². The fraction of sp³-hybridized carbons (Fsp3) is 0.143. The minimum absolute atomic E-state index is 0.0784. The number of carbonyl (C=O) groups is 2. The maximum absolute atomic E-state index is 12.2. The maximum Gasteiger partial charge on any atom is 0.326 e. The molecule has 1 aromatic heterocycles. The summed E-state index contributed by atoms with van der Waals surface area (Å²) in [5.74, 6) is 0.483. The minimum Gasteiger partial charge on any atom is -0.455 e. The highest BCUT2D eigenvalue weighted by molar-refractivity contribution is 5.94. The molecule has 8 nitrogen and oxygen atoms in total. The van der Waals surface area contributed by atoms with Crippen molar-refractivity contribution in [2.45, 2.75) is 0 Å². The van der Waals surface area contributed by atoms with E-state index in [1.54, 1.807) is 49.8 Å². The van der Waals surface area contributed by atoms with Crippen LogP contribution in [0.5, 0.6) is 11.5 Å². The topological polar surface area (TPSA) is 93.7 Å². The number of nitrogens with zero attached hydrogens (tertiary/aromatic N) is 3. The molecule has 0 spiro atoms. The Morgan fingerprint density at radius 3 is 2.41 bits per heavy atom. The van der Waals surface area contributed by atoms with E-state index in [4.69, 9.17) is 9.47 Å². The SMILES string of the molecule is CN(CC(=O)OCC(=O)Nc1ccccc1Oc1ccccc1)c1ncccn1. The van der Waals surface area contributed by atoms with E-state index in [0.717, 1.165) is 0 Å². The first kappa shape index (κ1) is 19.8. The van der Waals surface area contributed by atoms with Crippen molar-refractivity contribution < 1.29 is 19.1 Å². The molecule has 0 saturated heterocycles. The molecule has 0 radical (unpaired) electrons. The number of nitrogens with one attached hydrogen (secondary N) is 1. The Morgan fingerprint density at radius 2 is 1.66 bits per heavy atom. The van der Waals surface area contributed by atoms with Crippen molar-refractivity contribution in [2.24, 2.45) is 0 Å². The van der Waals surface area contributed by atoms with Crippen molar-refractivity contribution in [2.75, 3.05) is 30.4 Å². The Bertz CT molecular complexity index is 951. The predicted molar refractivity (Wildman–Crippen MR) is 108 cm³/mol. The maximum atomic E-state index is 12.2. The van der Waals surface area contributed by atoms with E-state index in [9.17, 15) is 9.59 Å². The first-order valence-electron chi connectivity index (χ1n) is 8.87. The molecule has 2 aromatic carbocycles. The van der Waals surface area contributed by atoms with Gasteiger partial charge >= 0.3 is 5.97 Å². The van der Waals surface area contributed by atoms with Gasteiger partial charge in [-0.25, -0.2) is 9.97 Å². The van der Waals surface area contributed by atoms with Crippen LogP contribution in [0, 0.1) is 0 Å². The van der Waals surface area contributed by atoms with Gasteiger partial charge in [-0.05, 0) is 30.3 Å². The van der Waals surface area contributed by atoms with Crippen LogP contribution >= 0.6 is 0 Å². The van der Waals surface area contributed by atoms with Gasteiger partial charge in [-0.1, -0.05) is 30.3 Å². The molecule has 0 atom stereocenters. The highest BCUT2D eigenvalue weighted by Crippen LogP contribution is 2.28. The van der Waals surface area contributed by atoms with Crippen LogP contribution in [0.25, 0.3) is 0 Å². The molecule has 1 amide bonds. The quantitative estimate of drug-likeness (QED) is 0.589. The van der Waals surface area contributed by atoms with E-state index in [1.807, 2.05) is 30.3 Å². The first-order chi connectivity index (χ1) is 14.1. The van der Waals surface area contributed by atoms with E-state index < -0.39 is 18.5 Å². The number of anilines is 2. The third-order valence-corrected chi connectivity index (χ3v) is 3.76. The summed E-state index contributed by atoms with van der Waals surface area (Å²) in [7, 11) is 1.66. The summed E-state index contributed by atoms with van der Waals surface area (Å²) in [5.41, 5.74) is 0.479. The van der Waals surface area contributed by atoms with Gasteiger partial charge in [-0.2, -0.15) is 0 Å². The van der Waals surface area contributed by atoms with E-state index in [2.05, 4.69) is 15.3 Å². The highest BCUT2D eigenvalue weighted by atomic mass is 16.5. The zero-order valence-electron chi connectivity index (χ0n) is 15.8. The molecule has 0 aliphatic carbocycles. The number of para-hydroxylation sites is 3. The molecule has 8 heteroatoms. The molecule has 29 heavy (non-hydrogen) atoms. The number of aromatic nitrogens is 2. The summed E-state index contributed by atoms with van der Waals surface area (Å²) in [6.45, 7) is -0.493. The van der Waals surface area contributed by atoms with Gasteiger partial charge < -0.3 is 19.7 Å². The summed E-state index contributed by atoms with van der Waals surface area (Å²) in [6.07, 6.45) is 3.15. The molecule has 0 aliphatic heterocycles. The lowest BCUT2D eigenvalue weighted by Crippen LogP contribution is -2.30. The van der Waals surface area contributed by atoms with Crippen molar-refractivity contribution in [3.8, 4) is 11.5 Å². The molecular formula is C21H20N4O4. The van der Waals surface area contributed by atoms with Crippen molar-refractivity contribution in [1.82, 2.24) is 9.97 Å². The number of hydrogen-bond donors (Lipinski definition) is 1. The molecule has 3 aromatic rings.